The third kappa shape index (κ3) is 6.97. The van der Waals surface area contributed by atoms with Crippen molar-refractivity contribution in [2.75, 3.05) is 0 Å². The van der Waals surface area contributed by atoms with Crippen molar-refractivity contribution in [3.8, 4) is 11.3 Å². The molecule has 5 rings (SSSR count). The van der Waals surface area contributed by atoms with E-state index in [2.05, 4.69) is 31.0 Å². The molecule has 0 aliphatic heterocycles. The Bertz CT molecular complexity index is 1780. The van der Waals surface area contributed by atoms with Crippen LogP contribution in [0.15, 0.2) is 52.7 Å². The van der Waals surface area contributed by atoms with Crippen molar-refractivity contribution in [2.45, 2.75) is 74.1 Å². The maximum absolute atomic E-state index is 11.7. The minimum atomic E-state index is -2.27. The number of aliphatic hydroxyl groups excluding tert-OH is 1. The Labute approximate surface area is 264 Å². The topological polar surface area (TPSA) is 76.2 Å². The Morgan fingerprint density at radius 3 is 2.34 bits per heavy atom. The molecular formula is C34H39IrN2O3S-. The van der Waals surface area contributed by atoms with Crippen molar-refractivity contribution in [3.05, 3.63) is 70.4 Å². The summed E-state index contributed by atoms with van der Waals surface area (Å²) in [5.41, 5.74) is 3.73. The van der Waals surface area contributed by atoms with Gasteiger partial charge >= 0.3 is 0 Å². The molecule has 0 aliphatic rings. The Balaban J connectivity index is 0.000000286. The number of carbonyl (C=O) groups excluding carboxylic acids is 1. The van der Waals surface area contributed by atoms with Gasteiger partial charge in [-0.05, 0) is 69.8 Å². The molecule has 0 spiro atoms. The second-order valence-corrected chi connectivity index (χ2v) is 11.3. The number of aryl methyl sites for hydroxylation is 3. The van der Waals surface area contributed by atoms with Crippen molar-refractivity contribution in [2.24, 2.45) is 11.8 Å². The summed E-state index contributed by atoms with van der Waals surface area (Å²) in [7, 11) is 0. The number of nitrogens with zero attached hydrogens (tertiary/aromatic N) is 2. The van der Waals surface area contributed by atoms with Crippen molar-refractivity contribution < 1.29 is 38.5 Å². The SMILES string of the molecule is CCC(CC)C(=O)/C=C(\O)C(CC)CC.[2H]C([2H])([2H])c1ccc2c(n1)oc1c(-c3ccc4c(C)c(C)sc4n3)[c-]ccc12.[Ir]. The molecule has 5 aromatic rings. The average Bonchev–Trinajstić information content (AvgIpc) is 3.49. The molecule has 0 saturated heterocycles. The van der Waals surface area contributed by atoms with Crippen LogP contribution < -0.4 is 0 Å². The predicted molar refractivity (Wildman–Crippen MR) is 167 cm³/mol. The zero-order valence-electron chi connectivity index (χ0n) is 27.4. The van der Waals surface area contributed by atoms with Crippen LogP contribution in [0.3, 0.4) is 0 Å². The number of aliphatic hydroxyl groups is 1. The van der Waals surface area contributed by atoms with Crippen molar-refractivity contribution in [1.29, 1.82) is 0 Å². The number of thiophene rings is 1. The minimum Gasteiger partial charge on any atom is -0.512 e. The molecule has 1 aromatic carbocycles. The molecule has 1 N–H and O–H groups in total. The molecule has 41 heavy (non-hydrogen) atoms. The fourth-order valence-corrected chi connectivity index (χ4v) is 5.97. The van der Waals surface area contributed by atoms with Crippen molar-refractivity contribution in [1.82, 2.24) is 9.97 Å². The fraction of sp³-hybridized carbons (Fsp3) is 0.382. The molecule has 0 atom stereocenters. The number of hydrogen-bond donors (Lipinski definition) is 1. The number of benzene rings is 1. The van der Waals surface area contributed by atoms with Gasteiger partial charge in [-0.3, -0.25) is 9.78 Å². The van der Waals surface area contributed by atoms with Gasteiger partial charge in [0.1, 0.15) is 4.83 Å². The Kier molecular flexibility index (Phi) is 9.89. The number of hydrogen-bond acceptors (Lipinski definition) is 6. The van der Waals surface area contributed by atoms with Gasteiger partial charge in [0.05, 0.1) is 11.3 Å². The van der Waals surface area contributed by atoms with E-state index in [1.54, 1.807) is 17.4 Å². The van der Waals surface area contributed by atoms with Gasteiger partial charge in [0.2, 0.25) is 5.71 Å². The molecule has 7 heteroatoms. The van der Waals surface area contributed by atoms with Crippen LogP contribution in [-0.2, 0) is 24.9 Å². The molecule has 0 aliphatic carbocycles. The van der Waals surface area contributed by atoms with Crippen molar-refractivity contribution in [3.63, 3.8) is 0 Å². The summed E-state index contributed by atoms with van der Waals surface area (Å²) in [5, 5.41) is 12.6. The molecule has 5 nitrogen and oxygen atoms in total. The molecule has 0 fully saturated rings. The van der Waals surface area contributed by atoms with E-state index in [9.17, 15) is 9.90 Å². The molecule has 0 bridgehead atoms. The van der Waals surface area contributed by atoms with Crippen LogP contribution in [0.1, 0.15) is 73.6 Å². The Hall–Kier alpha value is -2.86. The number of pyridine rings is 2. The average molecular weight is 751 g/mol. The molecule has 219 valence electrons. The first kappa shape index (κ1) is 28.3. The number of allylic oxidation sites excluding steroid dienone is 2. The predicted octanol–water partition coefficient (Wildman–Crippen LogP) is 9.85. The normalized spacial score (nSPS) is 13.2. The third-order valence-electron chi connectivity index (χ3n) is 7.68. The quantitative estimate of drug-likeness (QED) is 0.0971. The summed E-state index contributed by atoms with van der Waals surface area (Å²) in [4.78, 5) is 23.0. The van der Waals surface area contributed by atoms with Crippen LogP contribution in [-0.4, -0.2) is 20.9 Å². The number of rotatable bonds is 8. The van der Waals surface area contributed by atoms with Gasteiger partial charge in [0.15, 0.2) is 5.78 Å². The smallest absolute Gasteiger partial charge is 0.216 e. The van der Waals surface area contributed by atoms with E-state index in [1.165, 1.54) is 22.6 Å². The summed E-state index contributed by atoms with van der Waals surface area (Å²) < 4.78 is 28.7. The van der Waals surface area contributed by atoms with Gasteiger partial charge < -0.3 is 9.52 Å². The monoisotopic (exact) mass is 751 g/mol. The summed E-state index contributed by atoms with van der Waals surface area (Å²) in [6, 6.07) is 14.3. The van der Waals surface area contributed by atoms with Gasteiger partial charge in [-0.1, -0.05) is 50.8 Å². The summed E-state index contributed by atoms with van der Waals surface area (Å²) in [6.45, 7) is 10.0. The van der Waals surface area contributed by atoms with Crippen LogP contribution in [0.5, 0.6) is 0 Å². The minimum absolute atomic E-state index is 0. The second-order valence-electron chi connectivity index (χ2n) is 10.1. The van der Waals surface area contributed by atoms with Crippen LogP contribution in [0, 0.1) is 38.6 Å². The molecule has 0 unspecified atom stereocenters. The van der Waals surface area contributed by atoms with Gasteiger partial charge in [0, 0.05) is 63.5 Å². The van der Waals surface area contributed by atoms with E-state index in [1.807, 2.05) is 45.9 Å². The first-order chi connectivity index (χ1) is 20.4. The first-order valence-electron chi connectivity index (χ1n) is 15.5. The Morgan fingerprint density at radius 2 is 1.68 bits per heavy atom. The number of fused-ring (bicyclic) bond motifs is 4. The van der Waals surface area contributed by atoms with Gasteiger partial charge in [-0.15, -0.1) is 29.5 Å². The molecule has 4 heterocycles. The van der Waals surface area contributed by atoms with Crippen LogP contribution >= 0.6 is 11.3 Å². The van der Waals surface area contributed by atoms with Crippen LogP contribution in [0.25, 0.3) is 43.5 Å². The zero-order chi connectivity index (χ0) is 31.5. The fourth-order valence-electron chi connectivity index (χ4n) is 4.95. The van der Waals surface area contributed by atoms with Crippen molar-refractivity contribution >= 4 is 49.4 Å². The van der Waals surface area contributed by atoms with Crippen LogP contribution in [0.4, 0.5) is 0 Å². The van der Waals surface area contributed by atoms with Gasteiger partial charge in [0.25, 0.3) is 0 Å². The van der Waals surface area contributed by atoms with E-state index in [0.29, 0.717) is 11.3 Å². The standard InChI is InChI=1S/C21H15N2OS.C13H24O2.Ir/c1-11-7-8-16-15-5-4-6-17(19(15)24-20(16)22-11)18-10-9-14-12(2)13(3)25-21(14)23-18;1-5-10(6-2)12(14)9-13(15)11(7-3)8-4;/h4-5,7-10H,1-3H3;9-11,14H,5-8H2,1-4H3;/q-1;;/b;12-9-;/i1D3;;. The number of carbonyl (C=O) groups is 1. The third-order valence-corrected chi connectivity index (χ3v) is 8.80. The molecular weight excluding hydrogens is 709 g/mol. The van der Waals surface area contributed by atoms with Crippen LogP contribution in [0.2, 0.25) is 0 Å². The number of aromatic nitrogens is 2. The summed E-state index contributed by atoms with van der Waals surface area (Å²) >= 11 is 1.67. The molecule has 0 saturated carbocycles. The van der Waals surface area contributed by atoms with E-state index in [-0.39, 0.29) is 49.2 Å². The van der Waals surface area contributed by atoms with E-state index >= 15 is 0 Å². The molecule has 0 amide bonds. The zero-order valence-corrected chi connectivity index (χ0v) is 27.6. The Morgan fingerprint density at radius 1 is 1.00 bits per heavy atom. The summed E-state index contributed by atoms with van der Waals surface area (Å²) in [6.07, 6.45) is 4.91. The van der Waals surface area contributed by atoms with Gasteiger partial charge in [-0.2, -0.15) is 0 Å². The largest absolute Gasteiger partial charge is 0.512 e. The molecule has 4 aromatic heterocycles. The summed E-state index contributed by atoms with van der Waals surface area (Å²) in [5.74, 6) is 0.547. The number of furan rings is 1. The van der Waals surface area contributed by atoms with Gasteiger partial charge in [-0.25, -0.2) is 4.98 Å². The van der Waals surface area contributed by atoms with E-state index in [4.69, 9.17) is 13.5 Å². The molecule has 1 radical (unpaired) electrons. The van der Waals surface area contributed by atoms with E-state index in [0.717, 1.165) is 57.9 Å². The first-order valence-corrected chi connectivity index (χ1v) is 14.8. The number of ketones is 1. The second kappa shape index (κ2) is 14.4. The van der Waals surface area contributed by atoms with E-state index < -0.39 is 6.85 Å². The maximum atomic E-state index is 11.7. The maximum Gasteiger partial charge on any atom is 0.216 e.